The highest BCUT2D eigenvalue weighted by molar-refractivity contribution is 6.66. The van der Waals surface area contributed by atoms with Gasteiger partial charge in [-0.15, -0.1) is 0 Å². The first-order chi connectivity index (χ1) is 8.04. The number of carbonyl (C=O) groups is 1. The Kier molecular flexibility index (Phi) is 4.45. The van der Waals surface area contributed by atoms with Gasteiger partial charge in [0, 0.05) is 19.2 Å². The fourth-order valence-electron chi connectivity index (χ4n) is 1.36. The third-order valence-electron chi connectivity index (χ3n) is 2.30. The van der Waals surface area contributed by atoms with Gasteiger partial charge in [-0.1, -0.05) is 0 Å². The predicted octanol–water partition coefficient (Wildman–Crippen LogP) is 2.51. The fourth-order valence-corrected chi connectivity index (χ4v) is 1.46. The number of rotatable bonds is 4. The number of nitrogens with zero attached hydrogens (tertiary/aromatic N) is 1. The number of methoxy groups -OCH3 is 3. The molecule has 17 heavy (non-hydrogen) atoms. The normalized spacial score (nSPS) is 9.71. The molecule has 0 spiro atoms. The van der Waals surface area contributed by atoms with Gasteiger partial charge in [0.2, 0.25) is 5.75 Å². The maximum absolute atomic E-state index is 11.1. The third kappa shape index (κ3) is 2.74. The molecule has 0 aliphatic carbocycles. The first-order valence-electron chi connectivity index (χ1n) is 4.78. The highest BCUT2D eigenvalue weighted by Gasteiger charge is 2.17. The molecule has 1 aromatic rings. The minimum Gasteiger partial charge on any atom is -0.493 e. The zero-order chi connectivity index (χ0) is 13.0. The summed E-state index contributed by atoms with van der Waals surface area (Å²) < 4.78 is 15.5. The largest absolute Gasteiger partial charge is 0.493 e. The van der Waals surface area contributed by atoms with Crippen LogP contribution < -0.4 is 19.1 Å². The van der Waals surface area contributed by atoms with E-state index >= 15 is 0 Å². The van der Waals surface area contributed by atoms with E-state index < -0.39 is 5.37 Å². The summed E-state index contributed by atoms with van der Waals surface area (Å²) in [5.41, 5.74) is 0.555. The molecule has 0 radical (unpaired) electrons. The Morgan fingerprint density at radius 1 is 1.12 bits per heavy atom. The van der Waals surface area contributed by atoms with Gasteiger partial charge in [-0.3, -0.25) is 4.79 Å². The Morgan fingerprint density at radius 2 is 1.59 bits per heavy atom. The van der Waals surface area contributed by atoms with Gasteiger partial charge >= 0.3 is 5.37 Å². The molecule has 0 bridgehead atoms. The van der Waals surface area contributed by atoms with Gasteiger partial charge in [0.15, 0.2) is 11.5 Å². The van der Waals surface area contributed by atoms with Crippen molar-refractivity contribution in [3.8, 4) is 17.2 Å². The lowest BCUT2D eigenvalue weighted by molar-refractivity contribution is 0.265. The van der Waals surface area contributed by atoms with E-state index in [0.717, 1.165) is 0 Å². The highest BCUT2D eigenvalue weighted by atomic mass is 35.5. The molecule has 0 fully saturated rings. The summed E-state index contributed by atoms with van der Waals surface area (Å²) >= 11 is 5.40. The molecule has 5 nitrogen and oxygen atoms in total. The van der Waals surface area contributed by atoms with Gasteiger partial charge in [0.25, 0.3) is 0 Å². The number of anilines is 1. The van der Waals surface area contributed by atoms with Gasteiger partial charge in [-0.25, -0.2) is 0 Å². The van der Waals surface area contributed by atoms with E-state index in [0.29, 0.717) is 22.9 Å². The number of carbonyl (C=O) groups excluding carboxylic acids is 1. The zero-order valence-corrected chi connectivity index (χ0v) is 10.9. The lowest BCUT2D eigenvalue weighted by Crippen LogP contribution is -2.19. The summed E-state index contributed by atoms with van der Waals surface area (Å²) in [6.45, 7) is 0. The van der Waals surface area contributed by atoms with Crippen LogP contribution in [-0.2, 0) is 0 Å². The van der Waals surface area contributed by atoms with Crippen LogP contribution in [0.1, 0.15) is 0 Å². The third-order valence-corrected chi connectivity index (χ3v) is 2.55. The maximum atomic E-state index is 11.1. The number of ether oxygens (including phenoxy) is 3. The van der Waals surface area contributed by atoms with Crippen molar-refractivity contribution in [2.75, 3.05) is 33.3 Å². The molecule has 0 saturated carbocycles. The summed E-state index contributed by atoms with van der Waals surface area (Å²) in [7, 11) is 6.07. The number of hydrogen-bond acceptors (Lipinski definition) is 4. The summed E-state index contributed by atoms with van der Waals surface area (Å²) in [4.78, 5) is 12.3. The van der Waals surface area contributed by atoms with Gasteiger partial charge < -0.3 is 19.1 Å². The second-order valence-electron chi connectivity index (χ2n) is 3.20. The van der Waals surface area contributed by atoms with Gasteiger partial charge in [-0.2, -0.15) is 0 Å². The van der Waals surface area contributed by atoms with Crippen LogP contribution in [0.4, 0.5) is 10.5 Å². The average Bonchev–Trinajstić information content (AvgIpc) is 2.35. The molecule has 0 unspecified atom stereocenters. The van der Waals surface area contributed by atoms with E-state index in [1.807, 2.05) is 0 Å². The van der Waals surface area contributed by atoms with E-state index in [9.17, 15) is 4.79 Å². The van der Waals surface area contributed by atoms with Crippen LogP contribution in [0, 0.1) is 0 Å². The topological polar surface area (TPSA) is 48.0 Å². The zero-order valence-electron chi connectivity index (χ0n) is 10.1. The Hall–Kier alpha value is -1.62. The van der Waals surface area contributed by atoms with Crippen LogP contribution >= 0.6 is 11.6 Å². The van der Waals surface area contributed by atoms with Crippen LogP contribution in [0.5, 0.6) is 17.2 Å². The molecule has 0 heterocycles. The van der Waals surface area contributed by atoms with Crippen LogP contribution in [0.25, 0.3) is 0 Å². The Morgan fingerprint density at radius 3 is 1.88 bits per heavy atom. The van der Waals surface area contributed by atoms with E-state index in [2.05, 4.69) is 0 Å². The van der Waals surface area contributed by atoms with Gasteiger partial charge in [0.1, 0.15) is 0 Å². The summed E-state index contributed by atoms with van der Waals surface area (Å²) in [5, 5.41) is -0.598. The highest BCUT2D eigenvalue weighted by Crippen LogP contribution is 2.40. The molecular weight excluding hydrogens is 246 g/mol. The molecule has 1 rings (SSSR count). The van der Waals surface area contributed by atoms with E-state index in [1.54, 1.807) is 19.2 Å². The van der Waals surface area contributed by atoms with Crippen LogP contribution in [0.2, 0.25) is 0 Å². The SMILES string of the molecule is COc1cc(N(C)C(=O)Cl)cc(OC)c1OC. The summed E-state index contributed by atoms with van der Waals surface area (Å²) in [6.07, 6.45) is 0. The smallest absolute Gasteiger partial charge is 0.320 e. The number of amides is 1. The van der Waals surface area contributed by atoms with E-state index in [-0.39, 0.29) is 0 Å². The van der Waals surface area contributed by atoms with E-state index in [4.69, 9.17) is 25.8 Å². The lowest BCUT2D eigenvalue weighted by Gasteiger charge is -2.18. The summed E-state index contributed by atoms with van der Waals surface area (Å²) in [5.74, 6) is 1.40. The van der Waals surface area contributed by atoms with Crippen molar-refractivity contribution in [1.29, 1.82) is 0 Å². The second kappa shape index (κ2) is 5.63. The number of halogens is 1. The molecule has 0 saturated heterocycles. The number of hydrogen-bond donors (Lipinski definition) is 0. The molecule has 0 aliphatic rings. The Bertz CT molecular complexity index is 397. The predicted molar refractivity (Wildman–Crippen MR) is 65.8 cm³/mol. The molecule has 94 valence electrons. The van der Waals surface area contributed by atoms with Crippen molar-refractivity contribution in [2.45, 2.75) is 0 Å². The van der Waals surface area contributed by atoms with Crippen molar-refractivity contribution in [3.63, 3.8) is 0 Å². The standard InChI is InChI=1S/C11H14ClNO4/c1-13(11(12)14)7-5-8(15-2)10(17-4)9(6-7)16-3/h5-6H,1-4H3. The van der Waals surface area contributed by atoms with E-state index in [1.165, 1.54) is 26.2 Å². The van der Waals surface area contributed by atoms with Gasteiger partial charge in [-0.05, 0) is 11.6 Å². The minimum absolute atomic E-state index is 0.464. The van der Waals surface area contributed by atoms with Crippen molar-refractivity contribution < 1.29 is 19.0 Å². The molecule has 6 heteroatoms. The van der Waals surface area contributed by atoms with Crippen molar-refractivity contribution in [3.05, 3.63) is 12.1 Å². The summed E-state index contributed by atoms with van der Waals surface area (Å²) in [6, 6.07) is 3.28. The maximum Gasteiger partial charge on any atom is 0.320 e. The Labute approximate surface area is 105 Å². The van der Waals surface area contributed by atoms with Crippen molar-refractivity contribution in [1.82, 2.24) is 0 Å². The van der Waals surface area contributed by atoms with Gasteiger partial charge in [0.05, 0.1) is 27.0 Å². The van der Waals surface area contributed by atoms with Crippen LogP contribution in [0.3, 0.4) is 0 Å². The molecule has 1 amide bonds. The van der Waals surface area contributed by atoms with Crippen LogP contribution in [-0.4, -0.2) is 33.7 Å². The lowest BCUT2D eigenvalue weighted by atomic mass is 10.2. The molecule has 0 aromatic heterocycles. The number of benzene rings is 1. The first-order valence-corrected chi connectivity index (χ1v) is 5.16. The minimum atomic E-state index is -0.598. The molecule has 0 N–H and O–H groups in total. The fraction of sp³-hybridized carbons (Fsp3) is 0.364. The quantitative estimate of drug-likeness (QED) is 0.616. The monoisotopic (exact) mass is 259 g/mol. The Balaban J connectivity index is 3.31. The molecule has 1 aromatic carbocycles. The second-order valence-corrected chi connectivity index (χ2v) is 3.52. The average molecular weight is 260 g/mol. The van der Waals surface area contributed by atoms with Crippen molar-refractivity contribution >= 4 is 22.7 Å². The molecule has 0 atom stereocenters. The van der Waals surface area contributed by atoms with Crippen LogP contribution in [0.15, 0.2) is 12.1 Å². The first kappa shape index (κ1) is 13.4. The molecule has 0 aliphatic heterocycles. The van der Waals surface area contributed by atoms with Crippen molar-refractivity contribution in [2.24, 2.45) is 0 Å². The molecular formula is C11H14ClNO4.